The summed E-state index contributed by atoms with van der Waals surface area (Å²) >= 11 is 1.72. The number of unbranched alkanes of at least 4 members (excludes halogenated alkanes) is 1. The number of rotatable bonds is 9. The maximum Gasteiger partial charge on any atom is 0.233 e. The normalized spacial score (nSPS) is 13.9. The van der Waals surface area contributed by atoms with Gasteiger partial charge in [-0.3, -0.25) is 4.79 Å². The Morgan fingerprint density at radius 3 is 2.33 bits per heavy atom. The van der Waals surface area contributed by atoms with Crippen molar-refractivity contribution in [2.75, 3.05) is 12.3 Å². The molecule has 0 bridgehead atoms. The second-order valence-electron chi connectivity index (χ2n) is 4.70. The highest BCUT2D eigenvalue weighted by atomic mass is 35.5. The lowest BCUT2D eigenvalue weighted by molar-refractivity contribution is -0.121. The Morgan fingerprint density at radius 2 is 1.94 bits per heavy atom. The number of hydrogen-bond acceptors (Lipinski definition) is 3. The SMILES string of the molecule is CCCCC(CN)NC(=O)C(SCC)C(C)C.Cl. The van der Waals surface area contributed by atoms with Crippen LogP contribution in [0, 0.1) is 5.92 Å². The van der Waals surface area contributed by atoms with Gasteiger partial charge in [-0.05, 0) is 18.1 Å². The molecule has 110 valence electrons. The summed E-state index contributed by atoms with van der Waals surface area (Å²) in [6, 6.07) is 0.140. The Hall–Kier alpha value is 0.0700. The van der Waals surface area contributed by atoms with Gasteiger partial charge in [0, 0.05) is 12.6 Å². The Labute approximate surface area is 122 Å². The van der Waals surface area contributed by atoms with E-state index in [0.717, 1.165) is 25.0 Å². The average Bonchev–Trinajstić information content (AvgIpc) is 2.30. The minimum atomic E-state index is 0. The number of hydrogen-bond donors (Lipinski definition) is 2. The van der Waals surface area contributed by atoms with Crippen molar-refractivity contribution in [3.8, 4) is 0 Å². The van der Waals surface area contributed by atoms with Crippen LogP contribution in [0.4, 0.5) is 0 Å². The first-order valence-electron chi connectivity index (χ1n) is 6.68. The van der Waals surface area contributed by atoms with Crippen molar-refractivity contribution < 1.29 is 4.79 Å². The number of nitrogens with two attached hydrogens (primary N) is 1. The molecular weight excluding hydrogens is 268 g/mol. The zero-order valence-electron chi connectivity index (χ0n) is 12.1. The number of thioether (sulfide) groups is 1. The third-order valence-corrected chi connectivity index (χ3v) is 4.20. The minimum Gasteiger partial charge on any atom is -0.351 e. The van der Waals surface area contributed by atoms with Gasteiger partial charge in [-0.25, -0.2) is 0 Å². The highest BCUT2D eigenvalue weighted by Crippen LogP contribution is 2.19. The van der Waals surface area contributed by atoms with Crippen LogP contribution in [0.1, 0.15) is 47.0 Å². The van der Waals surface area contributed by atoms with Crippen molar-refractivity contribution in [2.24, 2.45) is 11.7 Å². The number of carbonyl (C=O) groups is 1. The van der Waals surface area contributed by atoms with Crippen molar-refractivity contribution in [3.63, 3.8) is 0 Å². The molecule has 3 nitrogen and oxygen atoms in total. The van der Waals surface area contributed by atoms with Crippen molar-refractivity contribution >= 4 is 30.1 Å². The molecule has 0 saturated heterocycles. The first-order valence-corrected chi connectivity index (χ1v) is 7.73. The Balaban J connectivity index is 0. The van der Waals surface area contributed by atoms with Gasteiger partial charge in [0.2, 0.25) is 5.91 Å². The van der Waals surface area contributed by atoms with E-state index in [9.17, 15) is 4.79 Å². The van der Waals surface area contributed by atoms with E-state index in [4.69, 9.17) is 5.73 Å². The molecule has 0 heterocycles. The molecule has 18 heavy (non-hydrogen) atoms. The van der Waals surface area contributed by atoms with E-state index in [1.165, 1.54) is 0 Å². The van der Waals surface area contributed by atoms with Gasteiger partial charge in [0.25, 0.3) is 0 Å². The molecule has 0 spiro atoms. The second kappa shape index (κ2) is 12.1. The summed E-state index contributed by atoms with van der Waals surface area (Å²) in [7, 11) is 0. The molecule has 2 unspecified atom stereocenters. The van der Waals surface area contributed by atoms with Crippen LogP contribution in [0.25, 0.3) is 0 Å². The number of carbonyl (C=O) groups excluding carboxylic acids is 1. The van der Waals surface area contributed by atoms with E-state index in [1.807, 2.05) is 0 Å². The van der Waals surface area contributed by atoms with Crippen LogP contribution in [-0.4, -0.2) is 29.5 Å². The van der Waals surface area contributed by atoms with E-state index in [1.54, 1.807) is 11.8 Å². The molecule has 3 N–H and O–H groups in total. The summed E-state index contributed by atoms with van der Waals surface area (Å²) < 4.78 is 0. The molecule has 0 aliphatic carbocycles. The molecule has 0 aliphatic heterocycles. The van der Waals surface area contributed by atoms with Crippen LogP contribution in [-0.2, 0) is 4.79 Å². The van der Waals surface area contributed by atoms with E-state index in [-0.39, 0.29) is 29.6 Å². The third-order valence-electron chi connectivity index (χ3n) is 2.75. The topological polar surface area (TPSA) is 55.1 Å². The minimum absolute atomic E-state index is 0. The van der Waals surface area contributed by atoms with Crippen molar-refractivity contribution in [1.29, 1.82) is 0 Å². The predicted octanol–water partition coefficient (Wildman–Crippen LogP) is 2.82. The van der Waals surface area contributed by atoms with Crippen LogP contribution >= 0.6 is 24.2 Å². The van der Waals surface area contributed by atoms with Crippen LogP contribution < -0.4 is 11.1 Å². The van der Waals surface area contributed by atoms with Crippen LogP contribution in [0.3, 0.4) is 0 Å². The van der Waals surface area contributed by atoms with E-state index in [0.29, 0.717) is 12.5 Å². The lowest BCUT2D eigenvalue weighted by Crippen LogP contribution is -2.45. The van der Waals surface area contributed by atoms with E-state index >= 15 is 0 Å². The quantitative estimate of drug-likeness (QED) is 0.688. The van der Waals surface area contributed by atoms with Gasteiger partial charge in [-0.1, -0.05) is 40.5 Å². The van der Waals surface area contributed by atoms with Gasteiger partial charge in [0.1, 0.15) is 0 Å². The first-order chi connectivity index (χ1) is 8.06. The molecule has 0 aliphatic rings. The van der Waals surface area contributed by atoms with Crippen LogP contribution in [0.5, 0.6) is 0 Å². The molecule has 0 radical (unpaired) electrons. The van der Waals surface area contributed by atoms with Crippen molar-refractivity contribution in [3.05, 3.63) is 0 Å². The average molecular weight is 297 g/mol. The fraction of sp³-hybridized carbons (Fsp3) is 0.923. The van der Waals surface area contributed by atoms with Crippen molar-refractivity contribution in [1.82, 2.24) is 5.32 Å². The maximum absolute atomic E-state index is 12.1. The van der Waals surface area contributed by atoms with Gasteiger partial charge >= 0.3 is 0 Å². The van der Waals surface area contributed by atoms with Gasteiger partial charge in [0.05, 0.1) is 5.25 Å². The van der Waals surface area contributed by atoms with Gasteiger partial charge in [0.15, 0.2) is 0 Å². The molecule has 1 amide bonds. The molecule has 0 aromatic heterocycles. The Kier molecular flexibility index (Phi) is 13.7. The lowest BCUT2D eigenvalue weighted by atomic mass is 10.1. The molecule has 0 aromatic carbocycles. The molecule has 5 heteroatoms. The summed E-state index contributed by atoms with van der Waals surface area (Å²) in [4.78, 5) is 12.1. The van der Waals surface area contributed by atoms with Gasteiger partial charge in [-0.15, -0.1) is 24.2 Å². The standard InChI is InChI=1S/C13H28N2OS.ClH/c1-5-7-8-11(9-14)15-13(16)12(10(3)4)17-6-2;/h10-12H,5-9,14H2,1-4H3,(H,15,16);1H. The lowest BCUT2D eigenvalue weighted by Gasteiger charge is -2.23. The zero-order valence-corrected chi connectivity index (χ0v) is 13.7. The Morgan fingerprint density at radius 1 is 1.33 bits per heavy atom. The Bertz CT molecular complexity index is 215. The summed E-state index contributed by atoms with van der Waals surface area (Å²) in [5, 5.41) is 3.13. The molecule has 0 fully saturated rings. The molecule has 0 aromatic rings. The number of amides is 1. The highest BCUT2D eigenvalue weighted by Gasteiger charge is 2.23. The van der Waals surface area contributed by atoms with Crippen LogP contribution in [0.15, 0.2) is 0 Å². The first kappa shape index (κ1) is 20.4. The molecule has 0 rings (SSSR count). The third kappa shape index (κ3) is 8.22. The zero-order chi connectivity index (χ0) is 13.3. The maximum atomic E-state index is 12.1. The monoisotopic (exact) mass is 296 g/mol. The fourth-order valence-electron chi connectivity index (χ4n) is 1.73. The summed E-state index contributed by atoms with van der Waals surface area (Å²) in [6.45, 7) is 8.96. The van der Waals surface area contributed by atoms with Crippen molar-refractivity contribution in [2.45, 2.75) is 58.2 Å². The predicted molar refractivity (Wildman–Crippen MR) is 84.5 cm³/mol. The summed E-state index contributed by atoms with van der Waals surface area (Å²) in [5.41, 5.74) is 5.69. The second-order valence-corrected chi connectivity index (χ2v) is 6.12. The summed E-state index contributed by atoms with van der Waals surface area (Å²) in [5.74, 6) is 1.49. The fourth-order valence-corrected chi connectivity index (χ4v) is 2.70. The molecular formula is C13H29ClN2OS. The van der Waals surface area contributed by atoms with Gasteiger partial charge < -0.3 is 11.1 Å². The van der Waals surface area contributed by atoms with Crippen LogP contribution in [0.2, 0.25) is 0 Å². The van der Waals surface area contributed by atoms with Gasteiger partial charge in [-0.2, -0.15) is 0 Å². The summed E-state index contributed by atoms with van der Waals surface area (Å²) in [6.07, 6.45) is 3.25. The highest BCUT2D eigenvalue weighted by molar-refractivity contribution is 8.00. The molecule has 2 atom stereocenters. The smallest absolute Gasteiger partial charge is 0.233 e. The number of halogens is 1. The number of nitrogens with one attached hydrogen (secondary N) is 1. The van der Waals surface area contributed by atoms with E-state index < -0.39 is 0 Å². The van der Waals surface area contributed by atoms with E-state index in [2.05, 4.69) is 33.0 Å². The molecule has 0 saturated carbocycles. The largest absolute Gasteiger partial charge is 0.351 e.